The molecule has 0 fully saturated rings. The van der Waals surface area contributed by atoms with Crippen molar-refractivity contribution in [2.75, 3.05) is 40.3 Å². The molecule has 45 heavy (non-hydrogen) atoms. The molecule has 0 aromatic heterocycles. The summed E-state index contributed by atoms with van der Waals surface area (Å²) in [5.41, 5.74) is 3.19. The smallest absolute Gasteiger partial charge is 0.253 e. The number of carbonyl (C=O) groups is 4. The second kappa shape index (κ2) is 17.6. The van der Waals surface area contributed by atoms with Crippen LogP contribution in [-0.4, -0.2) is 96.0 Å². The summed E-state index contributed by atoms with van der Waals surface area (Å²) < 4.78 is 28.1. The Morgan fingerprint density at radius 1 is 0.822 bits per heavy atom. The Kier molecular flexibility index (Phi) is 14.5. The zero-order valence-electron chi connectivity index (χ0n) is 27.3. The first-order chi connectivity index (χ1) is 21.2. The van der Waals surface area contributed by atoms with E-state index in [4.69, 9.17) is 0 Å². The minimum Gasteiger partial charge on any atom is -0.390 e. The van der Waals surface area contributed by atoms with Gasteiger partial charge in [-0.1, -0.05) is 34.6 Å². The topological polar surface area (TPSA) is 122 Å². The molecular formula is C33H47F2N5O5. The molecule has 0 saturated carbocycles. The Hall–Kier alpha value is -3.90. The Bertz CT molecular complexity index is 1310. The minimum absolute atomic E-state index is 0.00192. The van der Waals surface area contributed by atoms with Gasteiger partial charge in [-0.05, 0) is 55.2 Å². The van der Waals surface area contributed by atoms with Gasteiger partial charge < -0.3 is 20.2 Å². The fraction of sp³-hybridized carbons (Fsp3) is 0.515. The van der Waals surface area contributed by atoms with Gasteiger partial charge in [-0.25, -0.2) is 13.8 Å². The van der Waals surface area contributed by atoms with Gasteiger partial charge in [-0.3, -0.25) is 24.6 Å². The van der Waals surface area contributed by atoms with E-state index in [9.17, 15) is 33.1 Å². The Balaban J connectivity index is 2.51. The van der Waals surface area contributed by atoms with Gasteiger partial charge in [0.2, 0.25) is 5.91 Å². The maximum atomic E-state index is 14.1. The predicted octanol–water partition coefficient (Wildman–Crippen LogP) is 3.64. The molecule has 12 heteroatoms. The summed E-state index contributed by atoms with van der Waals surface area (Å²) in [5, 5.41) is 15.5. The average molecular weight is 632 g/mol. The quantitative estimate of drug-likeness (QED) is 0.243. The highest BCUT2D eigenvalue weighted by Gasteiger charge is 2.27. The molecule has 0 aliphatic heterocycles. The van der Waals surface area contributed by atoms with Crippen LogP contribution in [-0.2, 0) is 11.2 Å². The van der Waals surface area contributed by atoms with Crippen LogP contribution in [0.4, 0.5) is 8.78 Å². The maximum Gasteiger partial charge on any atom is 0.253 e. The second-order valence-corrected chi connectivity index (χ2v) is 11.6. The molecule has 3 N–H and O–H groups in total. The van der Waals surface area contributed by atoms with Crippen LogP contribution in [0.25, 0.3) is 0 Å². The van der Waals surface area contributed by atoms with E-state index in [1.165, 1.54) is 28.1 Å². The lowest BCUT2D eigenvalue weighted by atomic mass is 9.98. The van der Waals surface area contributed by atoms with Crippen molar-refractivity contribution in [3.8, 4) is 0 Å². The summed E-state index contributed by atoms with van der Waals surface area (Å²) in [5.74, 6) is -3.66. The van der Waals surface area contributed by atoms with Crippen molar-refractivity contribution >= 4 is 23.6 Å². The van der Waals surface area contributed by atoms with Crippen molar-refractivity contribution in [1.29, 1.82) is 0 Å². The number of amides is 4. The van der Waals surface area contributed by atoms with E-state index in [1.54, 1.807) is 39.8 Å². The molecule has 10 nitrogen and oxygen atoms in total. The summed E-state index contributed by atoms with van der Waals surface area (Å²) in [6.07, 6.45) is -0.00507. The van der Waals surface area contributed by atoms with Crippen LogP contribution in [0.2, 0.25) is 0 Å². The highest BCUT2D eigenvalue weighted by Crippen LogP contribution is 2.18. The molecule has 2 aromatic rings. The maximum absolute atomic E-state index is 14.1. The fourth-order valence-corrected chi connectivity index (χ4v) is 4.71. The number of nitrogens with one attached hydrogen (secondary N) is 2. The normalized spacial score (nSPS) is 12.5. The van der Waals surface area contributed by atoms with Crippen molar-refractivity contribution in [3.05, 3.63) is 70.3 Å². The number of rotatable bonds is 16. The van der Waals surface area contributed by atoms with Crippen LogP contribution in [0.1, 0.15) is 84.1 Å². The van der Waals surface area contributed by atoms with Crippen molar-refractivity contribution in [2.45, 2.75) is 66.0 Å². The van der Waals surface area contributed by atoms with Crippen molar-refractivity contribution in [2.24, 2.45) is 5.92 Å². The number of aliphatic hydroxyl groups is 1. The summed E-state index contributed by atoms with van der Waals surface area (Å²) in [7, 11) is 3.11. The molecule has 0 spiro atoms. The van der Waals surface area contributed by atoms with Crippen LogP contribution in [0.5, 0.6) is 0 Å². The van der Waals surface area contributed by atoms with Gasteiger partial charge in [0.05, 0.1) is 12.1 Å². The molecule has 248 valence electrons. The summed E-state index contributed by atoms with van der Waals surface area (Å²) in [6.45, 7) is 10.3. The van der Waals surface area contributed by atoms with E-state index in [2.05, 4.69) is 10.7 Å². The number of aliphatic hydroxyl groups excluding tert-OH is 1. The van der Waals surface area contributed by atoms with E-state index < -0.39 is 35.6 Å². The third-order valence-corrected chi connectivity index (χ3v) is 7.11. The monoisotopic (exact) mass is 631 g/mol. The SMILES string of the molecule is CCCN(CCC)C(=O)c1cc(C(=O)NC(Cc2cc(F)cc(F)c2)C(O)CN(CC)NC(=O)C(C)C)cc(C(=O)N(C)C)c1. The molecular weight excluding hydrogens is 584 g/mol. The molecule has 4 amide bonds. The number of nitrogens with zero attached hydrogens (tertiary/aromatic N) is 3. The van der Waals surface area contributed by atoms with Crippen LogP contribution >= 0.6 is 0 Å². The molecule has 0 heterocycles. The lowest BCUT2D eigenvalue weighted by Crippen LogP contribution is -2.53. The lowest BCUT2D eigenvalue weighted by molar-refractivity contribution is -0.129. The third kappa shape index (κ3) is 11.2. The van der Waals surface area contributed by atoms with Gasteiger partial charge in [0.15, 0.2) is 0 Å². The van der Waals surface area contributed by atoms with Crippen LogP contribution in [0.15, 0.2) is 36.4 Å². The average Bonchev–Trinajstić information content (AvgIpc) is 2.98. The summed E-state index contributed by atoms with van der Waals surface area (Å²) in [6, 6.07) is 6.08. The van der Waals surface area contributed by atoms with Crippen molar-refractivity contribution < 1.29 is 33.1 Å². The Labute approximate surface area is 264 Å². The second-order valence-electron chi connectivity index (χ2n) is 11.6. The Morgan fingerprint density at radius 3 is 1.84 bits per heavy atom. The van der Waals surface area contributed by atoms with Crippen LogP contribution in [0.3, 0.4) is 0 Å². The van der Waals surface area contributed by atoms with Gasteiger partial charge >= 0.3 is 0 Å². The fourth-order valence-electron chi connectivity index (χ4n) is 4.71. The number of likely N-dealkylation sites (N-methyl/N-ethyl adjacent to an activating group) is 1. The van der Waals surface area contributed by atoms with E-state index in [1.807, 2.05) is 13.8 Å². The van der Waals surface area contributed by atoms with Gasteiger partial charge in [0.1, 0.15) is 11.6 Å². The first kappa shape index (κ1) is 37.3. The number of carbonyl (C=O) groups excluding carboxylic acids is 4. The number of hydrogen-bond acceptors (Lipinski definition) is 6. The molecule has 0 bridgehead atoms. The largest absolute Gasteiger partial charge is 0.390 e. The predicted molar refractivity (Wildman–Crippen MR) is 168 cm³/mol. The van der Waals surface area contributed by atoms with Crippen LogP contribution < -0.4 is 10.7 Å². The molecule has 0 aliphatic rings. The van der Waals surface area contributed by atoms with Crippen molar-refractivity contribution in [1.82, 2.24) is 25.6 Å². The van der Waals surface area contributed by atoms with E-state index in [0.29, 0.717) is 19.6 Å². The third-order valence-electron chi connectivity index (χ3n) is 7.11. The van der Waals surface area contributed by atoms with Gasteiger partial charge in [-0.2, -0.15) is 0 Å². The Morgan fingerprint density at radius 2 is 1.36 bits per heavy atom. The zero-order chi connectivity index (χ0) is 33.8. The molecule has 2 rings (SSSR count). The number of benzene rings is 2. The highest BCUT2D eigenvalue weighted by molar-refractivity contribution is 6.04. The molecule has 2 unspecified atom stereocenters. The first-order valence-corrected chi connectivity index (χ1v) is 15.4. The number of hydrogen-bond donors (Lipinski definition) is 3. The molecule has 0 aliphatic carbocycles. The standard InChI is InChI=1S/C33H47F2N5O5/c1-8-11-39(12-9-2)33(45)25-17-23(16-24(18-25)32(44)38(6)7)31(43)36-28(15-22-13-26(34)19-27(35)14-22)29(41)20-40(10-3)37-30(42)21(4)5/h13-14,16-19,21,28-29,41H,8-12,15,20H2,1-7H3,(H,36,43)(H,37,42). The van der Waals surface area contributed by atoms with E-state index in [0.717, 1.165) is 31.0 Å². The van der Waals surface area contributed by atoms with Gasteiger partial charge in [0.25, 0.3) is 17.7 Å². The first-order valence-electron chi connectivity index (χ1n) is 15.4. The molecule has 2 aromatic carbocycles. The summed E-state index contributed by atoms with van der Waals surface area (Å²) >= 11 is 0. The minimum atomic E-state index is -1.30. The zero-order valence-corrected chi connectivity index (χ0v) is 27.3. The number of halogens is 2. The van der Waals surface area contributed by atoms with Gasteiger partial charge in [0, 0.05) is 68.9 Å². The molecule has 0 saturated heterocycles. The van der Waals surface area contributed by atoms with Crippen LogP contribution in [0, 0.1) is 17.6 Å². The lowest BCUT2D eigenvalue weighted by Gasteiger charge is -2.30. The summed E-state index contributed by atoms with van der Waals surface area (Å²) in [4.78, 5) is 55.5. The molecule has 2 atom stereocenters. The highest BCUT2D eigenvalue weighted by atomic mass is 19.1. The van der Waals surface area contributed by atoms with Crippen molar-refractivity contribution in [3.63, 3.8) is 0 Å². The van der Waals surface area contributed by atoms with E-state index in [-0.39, 0.29) is 53.0 Å². The van der Waals surface area contributed by atoms with E-state index >= 15 is 0 Å². The van der Waals surface area contributed by atoms with Gasteiger partial charge in [-0.15, -0.1) is 0 Å². The molecule has 0 radical (unpaired) electrons. The number of hydrazine groups is 1.